The quantitative estimate of drug-likeness (QED) is 0.692. The molecule has 0 spiro atoms. The SMILES string of the molecule is C/C=C\C(=C/C)c1cnc2c(Nc3cc(CO)ns3)nc(C)cn12. The number of aromatic nitrogens is 4. The minimum Gasteiger partial charge on any atom is -0.390 e. The number of anilines is 2. The van der Waals surface area contributed by atoms with Gasteiger partial charge in [-0.2, -0.15) is 4.37 Å². The lowest BCUT2D eigenvalue weighted by molar-refractivity contribution is 0.278. The molecule has 0 unspecified atom stereocenters. The number of aliphatic hydroxyl groups is 1. The molecule has 2 N–H and O–H groups in total. The van der Waals surface area contributed by atoms with E-state index >= 15 is 0 Å². The van der Waals surface area contributed by atoms with Crippen molar-refractivity contribution in [3.05, 3.63) is 53.8 Å². The van der Waals surface area contributed by atoms with Gasteiger partial charge in [0.2, 0.25) is 0 Å². The van der Waals surface area contributed by atoms with Crippen molar-refractivity contribution in [1.29, 1.82) is 0 Å². The van der Waals surface area contributed by atoms with Gasteiger partial charge in [0.1, 0.15) is 5.00 Å². The summed E-state index contributed by atoms with van der Waals surface area (Å²) in [5, 5.41) is 13.2. The van der Waals surface area contributed by atoms with Gasteiger partial charge in [-0.25, -0.2) is 9.97 Å². The van der Waals surface area contributed by atoms with Gasteiger partial charge in [-0.1, -0.05) is 18.2 Å². The molecule has 3 aromatic heterocycles. The maximum Gasteiger partial charge on any atom is 0.180 e. The van der Waals surface area contributed by atoms with Crippen LogP contribution in [0.2, 0.25) is 0 Å². The first kappa shape index (κ1) is 16.4. The molecule has 0 aliphatic carbocycles. The highest BCUT2D eigenvalue weighted by Gasteiger charge is 2.13. The van der Waals surface area contributed by atoms with Crippen molar-refractivity contribution in [2.75, 3.05) is 5.32 Å². The number of nitrogens with zero attached hydrogens (tertiary/aromatic N) is 4. The molecular weight excluding hydrogens is 322 g/mol. The molecule has 6 nitrogen and oxygen atoms in total. The highest BCUT2D eigenvalue weighted by Crippen LogP contribution is 2.26. The Morgan fingerprint density at radius 2 is 2.25 bits per heavy atom. The van der Waals surface area contributed by atoms with Crippen LogP contribution in [0.1, 0.15) is 30.9 Å². The van der Waals surface area contributed by atoms with Gasteiger partial charge < -0.3 is 10.4 Å². The topological polar surface area (TPSA) is 75.3 Å². The van der Waals surface area contributed by atoms with Gasteiger partial charge in [0.25, 0.3) is 0 Å². The predicted molar refractivity (Wildman–Crippen MR) is 97.5 cm³/mol. The highest BCUT2D eigenvalue weighted by atomic mass is 32.1. The van der Waals surface area contributed by atoms with Crippen molar-refractivity contribution in [2.45, 2.75) is 27.4 Å². The fourth-order valence-corrected chi connectivity index (χ4v) is 3.13. The van der Waals surface area contributed by atoms with Crippen LogP contribution in [-0.4, -0.2) is 23.8 Å². The predicted octanol–water partition coefficient (Wildman–Crippen LogP) is 3.71. The lowest BCUT2D eigenvalue weighted by Crippen LogP contribution is -2.01. The molecule has 0 amide bonds. The van der Waals surface area contributed by atoms with Crippen LogP contribution in [0.3, 0.4) is 0 Å². The van der Waals surface area contributed by atoms with Crippen molar-refractivity contribution in [2.24, 2.45) is 0 Å². The number of nitrogens with one attached hydrogen (secondary N) is 1. The van der Waals surface area contributed by atoms with Crippen molar-refractivity contribution in [3.63, 3.8) is 0 Å². The zero-order chi connectivity index (χ0) is 17.1. The molecule has 24 heavy (non-hydrogen) atoms. The third kappa shape index (κ3) is 3.08. The number of hydrogen-bond donors (Lipinski definition) is 2. The Bertz CT molecular complexity index is 922. The third-order valence-electron chi connectivity index (χ3n) is 3.53. The molecule has 0 radical (unpaired) electrons. The van der Waals surface area contributed by atoms with E-state index in [1.54, 1.807) is 0 Å². The summed E-state index contributed by atoms with van der Waals surface area (Å²) in [5.74, 6) is 0.672. The fraction of sp³-hybridized carbons (Fsp3) is 0.235. The first-order valence-corrected chi connectivity index (χ1v) is 8.41. The van der Waals surface area contributed by atoms with Gasteiger partial charge in [0.15, 0.2) is 11.5 Å². The molecule has 0 saturated heterocycles. The zero-order valence-corrected chi connectivity index (χ0v) is 14.6. The number of hydrogen-bond acceptors (Lipinski definition) is 6. The van der Waals surface area contributed by atoms with Crippen molar-refractivity contribution in [3.8, 4) is 0 Å². The van der Waals surface area contributed by atoms with Crippen molar-refractivity contribution in [1.82, 2.24) is 18.7 Å². The summed E-state index contributed by atoms with van der Waals surface area (Å²) in [6.45, 7) is 5.88. The lowest BCUT2D eigenvalue weighted by atomic mass is 10.2. The Morgan fingerprint density at radius 1 is 1.42 bits per heavy atom. The Balaban J connectivity index is 2.07. The van der Waals surface area contributed by atoms with E-state index in [0.29, 0.717) is 11.5 Å². The molecule has 3 rings (SSSR count). The second-order valence-electron chi connectivity index (χ2n) is 5.28. The van der Waals surface area contributed by atoms with E-state index < -0.39 is 0 Å². The van der Waals surface area contributed by atoms with Crippen LogP contribution < -0.4 is 5.32 Å². The Labute approximate surface area is 144 Å². The molecule has 0 atom stereocenters. The van der Waals surface area contributed by atoms with E-state index in [0.717, 1.165) is 27.6 Å². The van der Waals surface area contributed by atoms with Gasteiger partial charge in [0, 0.05) is 6.20 Å². The first-order chi connectivity index (χ1) is 11.7. The van der Waals surface area contributed by atoms with Gasteiger partial charge in [-0.05, 0) is 43.9 Å². The second kappa shape index (κ2) is 6.94. The highest BCUT2D eigenvalue weighted by molar-refractivity contribution is 7.10. The molecule has 0 bridgehead atoms. The summed E-state index contributed by atoms with van der Waals surface area (Å²) in [4.78, 5) is 9.09. The third-order valence-corrected chi connectivity index (χ3v) is 4.27. The van der Waals surface area contributed by atoms with E-state index in [2.05, 4.69) is 31.8 Å². The van der Waals surface area contributed by atoms with Gasteiger partial charge in [-0.3, -0.25) is 4.40 Å². The fourth-order valence-electron chi connectivity index (χ4n) is 2.48. The number of fused-ring (bicyclic) bond motifs is 1. The van der Waals surface area contributed by atoms with Crippen LogP contribution in [0.4, 0.5) is 10.8 Å². The summed E-state index contributed by atoms with van der Waals surface area (Å²) < 4.78 is 6.20. The van der Waals surface area contributed by atoms with Crippen LogP contribution in [0.5, 0.6) is 0 Å². The van der Waals surface area contributed by atoms with Crippen LogP contribution in [0, 0.1) is 6.92 Å². The molecule has 3 heterocycles. The molecule has 3 aromatic rings. The standard InChI is InChI=1S/C17H19N5OS/c1-4-6-12(5-2)14-8-18-17-16(19-11(3)9-22(14)17)20-15-7-13(10-23)21-24-15/h4-9,23H,10H2,1-3H3,(H,19,20)/b6-4-,12-5+. The molecule has 7 heteroatoms. The van der Waals surface area contributed by atoms with E-state index in [1.165, 1.54) is 11.5 Å². The second-order valence-corrected chi connectivity index (χ2v) is 6.08. The lowest BCUT2D eigenvalue weighted by Gasteiger charge is -2.08. The molecule has 124 valence electrons. The smallest absolute Gasteiger partial charge is 0.180 e. The number of rotatable bonds is 5. The number of imidazole rings is 1. The molecule has 0 aliphatic rings. The van der Waals surface area contributed by atoms with Gasteiger partial charge >= 0.3 is 0 Å². The Hall–Kier alpha value is -2.51. The number of aryl methyl sites for hydroxylation is 1. The first-order valence-electron chi connectivity index (χ1n) is 7.63. The zero-order valence-electron chi connectivity index (χ0n) is 13.8. The minimum absolute atomic E-state index is 0.0730. The van der Waals surface area contributed by atoms with E-state index in [4.69, 9.17) is 5.11 Å². The summed E-state index contributed by atoms with van der Waals surface area (Å²) in [6.07, 6.45) is 9.95. The molecule has 0 aliphatic heterocycles. The van der Waals surface area contributed by atoms with Crippen LogP contribution in [-0.2, 0) is 6.61 Å². The molecular formula is C17H19N5OS. The van der Waals surface area contributed by atoms with Crippen molar-refractivity contribution < 1.29 is 5.11 Å². The molecule has 0 aromatic carbocycles. The maximum absolute atomic E-state index is 9.15. The Morgan fingerprint density at radius 3 is 2.92 bits per heavy atom. The van der Waals surface area contributed by atoms with Gasteiger partial charge in [0.05, 0.1) is 29.9 Å². The summed E-state index contributed by atoms with van der Waals surface area (Å²) in [5.41, 5.74) is 4.38. The summed E-state index contributed by atoms with van der Waals surface area (Å²) >= 11 is 1.29. The molecule has 0 saturated carbocycles. The average molecular weight is 341 g/mol. The van der Waals surface area contributed by atoms with Crippen LogP contribution >= 0.6 is 11.5 Å². The van der Waals surface area contributed by atoms with Crippen LogP contribution in [0.25, 0.3) is 11.2 Å². The van der Waals surface area contributed by atoms with Crippen molar-refractivity contribution >= 4 is 33.6 Å². The largest absolute Gasteiger partial charge is 0.390 e. The Kier molecular flexibility index (Phi) is 4.73. The van der Waals surface area contributed by atoms with E-state index in [1.807, 2.05) is 49.7 Å². The number of aliphatic hydroxyl groups excluding tert-OH is 1. The van der Waals surface area contributed by atoms with Crippen LogP contribution in [0.15, 0.2) is 36.7 Å². The van der Waals surface area contributed by atoms with E-state index in [-0.39, 0.29) is 6.61 Å². The van der Waals surface area contributed by atoms with Gasteiger partial charge in [-0.15, -0.1) is 0 Å². The minimum atomic E-state index is -0.0730. The summed E-state index contributed by atoms with van der Waals surface area (Å²) in [6, 6.07) is 1.81. The summed E-state index contributed by atoms with van der Waals surface area (Å²) in [7, 11) is 0. The monoisotopic (exact) mass is 341 g/mol. The normalized spacial score (nSPS) is 12.4. The average Bonchev–Trinajstić information content (AvgIpc) is 3.19. The molecule has 0 fully saturated rings. The number of allylic oxidation sites excluding steroid dienone is 4. The maximum atomic E-state index is 9.15. The van der Waals surface area contributed by atoms with E-state index in [9.17, 15) is 0 Å².